The van der Waals surface area contributed by atoms with E-state index < -0.39 is 5.97 Å². The van der Waals surface area contributed by atoms with Gasteiger partial charge in [-0.3, -0.25) is 4.79 Å². The summed E-state index contributed by atoms with van der Waals surface area (Å²) in [5, 5.41) is 8.79. The number of carbonyl (C=O) groups is 1. The number of para-hydroxylation sites is 1. The lowest BCUT2D eigenvalue weighted by atomic mass is 10.1. The Kier molecular flexibility index (Phi) is 3.33. The van der Waals surface area contributed by atoms with E-state index in [1.807, 2.05) is 23.9 Å². The Morgan fingerprint density at radius 3 is 2.88 bits per heavy atom. The molecule has 17 heavy (non-hydrogen) atoms. The summed E-state index contributed by atoms with van der Waals surface area (Å²) in [6.07, 6.45) is 0.190. The van der Waals surface area contributed by atoms with Crippen LogP contribution in [0, 0.1) is 0 Å². The van der Waals surface area contributed by atoms with Crippen molar-refractivity contribution in [1.29, 1.82) is 0 Å². The average Bonchev–Trinajstić information content (AvgIpc) is 2.24. The van der Waals surface area contributed by atoms with E-state index in [9.17, 15) is 4.79 Å². The number of nitrogens with zero attached hydrogens (tertiary/aromatic N) is 1. The smallest absolute Gasteiger partial charge is 0.305 e. The van der Waals surface area contributed by atoms with Gasteiger partial charge in [0.05, 0.1) is 12.1 Å². The molecule has 0 bridgehead atoms. The number of hydrogen-bond donors (Lipinski definition) is 1. The third-order valence-corrected chi connectivity index (χ3v) is 4.01. The largest absolute Gasteiger partial charge is 0.481 e. The second-order valence-corrected chi connectivity index (χ2v) is 6.64. The van der Waals surface area contributed by atoms with Crippen LogP contribution in [0.2, 0.25) is 0 Å². The van der Waals surface area contributed by atoms with Gasteiger partial charge in [0.1, 0.15) is 0 Å². The fraction of sp³-hybridized carbons (Fsp3) is 0.462. The van der Waals surface area contributed by atoms with Gasteiger partial charge in [-0.05, 0) is 26.0 Å². The summed E-state index contributed by atoms with van der Waals surface area (Å²) in [7, 11) is 0. The van der Waals surface area contributed by atoms with Gasteiger partial charge in [-0.25, -0.2) is 0 Å². The summed E-state index contributed by atoms with van der Waals surface area (Å²) in [5.41, 5.74) is 1.16. The van der Waals surface area contributed by atoms with Gasteiger partial charge in [0, 0.05) is 22.7 Å². The number of carboxylic acids is 1. The molecule has 0 saturated carbocycles. The van der Waals surface area contributed by atoms with Crippen LogP contribution in [0.3, 0.4) is 0 Å². The zero-order valence-corrected chi connectivity index (χ0v) is 11.0. The van der Waals surface area contributed by atoms with Gasteiger partial charge in [0.25, 0.3) is 0 Å². The Labute approximate surface area is 106 Å². The van der Waals surface area contributed by atoms with Crippen LogP contribution in [0.1, 0.15) is 20.3 Å². The lowest BCUT2D eigenvalue weighted by Crippen LogP contribution is -2.41. The molecule has 0 unspecified atom stereocenters. The topological polar surface area (TPSA) is 40.5 Å². The van der Waals surface area contributed by atoms with E-state index in [0.29, 0.717) is 6.54 Å². The maximum Gasteiger partial charge on any atom is 0.305 e. The molecule has 0 spiro atoms. The van der Waals surface area contributed by atoms with Crippen molar-refractivity contribution in [1.82, 2.24) is 0 Å². The van der Waals surface area contributed by atoms with Crippen molar-refractivity contribution in [2.75, 3.05) is 18.0 Å². The van der Waals surface area contributed by atoms with Gasteiger partial charge in [-0.2, -0.15) is 0 Å². The lowest BCUT2D eigenvalue weighted by molar-refractivity contribution is -0.136. The normalized spacial score (nSPS) is 17.6. The highest BCUT2D eigenvalue weighted by atomic mass is 32.2. The van der Waals surface area contributed by atoms with Crippen molar-refractivity contribution in [3.05, 3.63) is 24.3 Å². The van der Waals surface area contributed by atoms with Crippen LogP contribution >= 0.6 is 11.8 Å². The average molecular weight is 251 g/mol. The predicted molar refractivity (Wildman–Crippen MR) is 70.8 cm³/mol. The van der Waals surface area contributed by atoms with Gasteiger partial charge in [-0.15, -0.1) is 11.8 Å². The summed E-state index contributed by atoms with van der Waals surface area (Å²) in [6.45, 7) is 5.86. The Morgan fingerprint density at radius 1 is 1.47 bits per heavy atom. The Bertz CT molecular complexity index is 431. The quantitative estimate of drug-likeness (QED) is 0.896. The number of aliphatic carboxylic acids is 1. The Morgan fingerprint density at radius 2 is 2.18 bits per heavy atom. The molecule has 0 amide bonds. The van der Waals surface area contributed by atoms with E-state index in [1.54, 1.807) is 0 Å². The number of hydrogen-bond acceptors (Lipinski definition) is 3. The minimum Gasteiger partial charge on any atom is -0.481 e. The van der Waals surface area contributed by atoms with Crippen molar-refractivity contribution in [2.45, 2.75) is 29.9 Å². The van der Waals surface area contributed by atoms with Gasteiger partial charge in [-0.1, -0.05) is 12.1 Å². The van der Waals surface area contributed by atoms with Gasteiger partial charge < -0.3 is 10.0 Å². The second kappa shape index (κ2) is 4.61. The molecule has 1 N–H and O–H groups in total. The van der Waals surface area contributed by atoms with E-state index in [0.717, 1.165) is 12.2 Å². The molecule has 1 aliphatic rings. The first kappa shape index (κ1) is 12.3. The molecule has 1 aromatic rings. The highest BCUT2D eigenvalue weighted by Gasteiger charge is 2.30. The molecule has 3 nitrogen and oxygen atoms in total. The van der Waals surface area contributed by atoms with E-state index in [1.165, 1.54) is 4.90 Å². The highest BCUT2D eigenvalue weighted by Crippen LogP contribution is 2.43. The van der Waals surface area contributed by atoms with E-state index in [4.69, 9.17) is 5.11 Å². The van der Waals surface area contributed by atoms with Crippen LogP contribution in [0.15, 0.2) is 29.2 Å². The monoisotopic (exact) mass is 251 g/mol. The molecule has 92 valence electrons. The first-order valence-electron chi connectivity index (χ1n) is 5.73. The zero-order valence-electron chi connectivity index (χ0n) is 10.1. The van der Waals surface area contributed by atoms with Crippen LogP contribution in [0.5, 0.6) is 0 Å². The number of carboxylic acid groups (broad SMARTS) is 1. The van der Waals surface area contributed by atoms with E-state index >= 15 is 0 Å². The minimum absolute atomic E-state index is 0.132. The number of anilines is 1. The number of fused-ring (bicyclic) bond motifs is 1. The van der Waals surface area contributed by atoms with Crippen LogP contribution in [0.4, 0.5) is 5.69 Å². The molecule has 0 atom stereocenters. The second-order valence-electron chi connectivity index (χ2n) is 4.89. The van der Waals surface area contributed by atoms with Crippen molar-refractivity contribution in [3.8, 4) is 0 Å². The predicted octanol–water partition coefficient (Wildman–Crippen LogP) is 2.85. The molecule has 0 saturated heterocycles. The molecule has 0 radical (unpaired) electrons. The maximum absolute atomic E-state index is 10.7. The minimum atomic E-state index is -0.737. The van der Waals surface area contributed by atoms with Crippen molar-refractivity contribution < 1.29 is 9.90 Å². The first-order valence-corrected chi connectivity index (χ1v) is 6.54. The molecule has 4 heteroatoms. The summed E-state index contributed by atoms with van der Waals surface area (Å²) in [4.78, 5) is 14.1. The highest BCUT2D eigenvalue weighted by molar-refractivity contribution is 8.00. The SMILES string of the molecule is CC1(C)CN(CCC(=O)O)c2ccccc2S1. The number of thioether (sulfide) groups is 1. The third kappa shape index (κ3) is 2.94. The van der Waals surface area contributed by atoms with Gasteiger partial charge in [0.15, 0.2) is 0 Å². The molecular weight excluding hydrogens is 234 g/mol. The van der Waals surface area contributed by atoms with Crippen molar-refractivity contribution in [2.24, 2.45) is 0 Å². The lowest BCUT2D eigenvalue weighted by Gasteiger charge is -2.39. The fourth-order valence-corrected chi connectivity index (χ4v) is 3.37. The molecule has 1 aliphatic heterocycles. The van der Waals surface area contributed by atoms with Gasteiger partial charge in [0.2, 0.25) is 0 Å². The Balaban J connectivity index is 2.23. The van der Waals surface area contributed by atoms with Crippen molar-refractivity contribution in [3.63, 3.8) is 0 Å². The van der Waals surface area contributed by atoms with E-state index in [-0.39, 0.29) is 11.2 Å². The third-order valence-electron chi connectivity index (χ3n) is 2.76. The zero-order chi connectivity index (χ0) is 12.5. The maximum atomic E-state index is 10.7. The first-order chi connectivity index (χ1) is 7.98. The molecule has 1 heterocycles. The number of benzene rings is 1. The summed E-state index contributed by atoms with van der Waals surface area (Å²) in [6, 6.07) is 8.21. The molecule has 0 aromatic heterocycles. The Hall–Kier alpha value is -1.16. The van der Waals surface area contributed by atoms with E-state index in [2.05, 4.69) is 30.9 Å². The van der Waals surface area contributed by atoms with Crippen LogP contribution in [-0.2, 0) is 4.79 Å². The van der Waals surface area contributed by atoms with Crippen LogP contribution < -0.4 is 4.90 Å². The molecule has 0 fully saturated rings. The molecule has 1 aromatic carbocycles. The molecule has 0 aliphatic carbocycles. The summed E-state index contributed by atoms with van der Waals surface area (Å²) in [5.74, 6) is -0.737. The van der Waals surface area contributed by atoms with Gasteiger partial charge >= 0.3 is 5.97 Å². The molecule has 2 rings (SSSR count). The van der Waals surface area contributed by atoms with Crippen LogP contribution in [0.25, 0.3) is 0 Å². The molecular formula is C13H17NO2S. The number of rotatable bonds is 3. The summed E-state index contributed by atoms with van der Waals surface area (Å²) < 4.78 is 0.132. The van der Waals surface area contributed by atoms with Crippen LogP contribution in [-0.4, -0.2) is 28.9 Å². The standard InChI is InChI=1S/C13H17NO2S/c1-13(2)9-14(8-7-12(15)16)10-5-3-4-6-11(10)17-13/h3-6H,7-9H2,1-2H3,(H,15,16). The summed E-state index contributed by atoms with van der Waals surface area (Å²) >= 11 is 1.86. The fourth-order valence-electron chi connectivity index (χ4n) is 2.11. The van der Waals surface area contributed by atoms with Crippen molar-refractivity contribution >= 4 is 23.4 Å².